The number of hydrogen-bond acceptors (Lipinski definition) is 4. The average molecular weight is 359 g/mol. The molecule has 1 atom stereocenters. The van der Waals surface area contributed by atoms with E-state index in [0.29, 0.717) is 18.9 Å². The van der Waals surface area contributed by atoms with Crippen LogP contribution in [0.5, 0.6) is 5.75 Å². The Hall–Kier alpha value is -2.08. The minimum Gasteiger partial charge on any atom is -0.497 e. The highest BCUT2D eigenvalue weighted by atomic mass is 16.5. The van der Waals surface area contributed by atoms with Gasteiger partial charge in [-0.05, 0) is 56.1 Å². The number of likely N-dealkylation sites (tertiary alicyclic amines) is 1. The van der Waals surface area contributed by atoms with E-state index >= 15 is 0 Å². The van der Waals surface area contributed by atoms with Crippen LogP contribution in [0.2, 0.25) is 0 Å². The second kappa shape index (κ2) is 8.54. The van der Waals surface area contributed by atoms with Crippen molar-refractivity contribution in [3.63, 3.8) is 0 Å². The molecule has 0 saturated carbocycles. The summed E-state index contributed by atoms with van der Waals surface area (Å²) in [5.41, 5.74) is 0.829. The number of hydrogen-bond donors (Lipinski definition) is 1. The van der Waals surface area contributed by atoms with Crippen molar-refractivity contribution >= 4 is 17.5 Å². The van der Waals surface area contributed by atoms with Gasteiger partial charge in [0.2, 0.25) is 11.8 Å². The molecule has 2 aliphatic heterocycles. The van der Waals surface area contributed by atoms with Gasteiger partial charge in [-0.1, -0.05) is 6.92 Å². The van der Waals surface area contributed by atoms with Crippen molar-refractivity contribution in [1.82, 2.24) is 10.2 Å². The zero-order valence-corrected chi connectivity index (χ0v) is 15.7. The summed E-state index contributed by atoms with van der Waals surface area (Å²) >= 11 is 0. The molecule has 3 rings (SSSR count). The van der Waals surface area contributed by atoms with Crippen LogP contribution in [0.3, 0.4) is 0 Å². The SMILES string of the molecule is CCNCC1CCN(C(=O)C2CC(=O)N(c3ccc(OC)cc3)C2)CC1. The summed E-state index contributed by atoms with van der Waals surface area (Å²) in [4.78, 5) is 28.9. The van der Waals surface area contributed by atoms with Gasteiger partial charge in [0.05, 0.1) is 13.0 Å². The molecule has 2 fully saturated rings. The number of anilines is 1. The number of carbonyl (C=O) groups excluding carboxylic acids is 2. The molecule has 1 N–H and O–H groups in total. The predicted molar refractivity (Wildman–Crippen MR) is 101 cm³/mol. The summed E-state index contributed by atoms with van der Waals surface area (Å²) in [7, 11) is 1.62. The first-order valence-corrected chi connectivity index (χ1v) is 9.56. The van der Waals surface area contributed by atoms with E-state index in [-0.39, 0.29) is 17.7 Å². The number of rotatable bonds is 6. The number of benzene rings is 1. The first-order chi connectivity index (χ1) is 12.6. The Bertz CT molecular complexity index is 624. The maximum atomic E-state index is 12.9. The lowest BCUT2D eigenvalue weighted by atomic mass is 9.95. The lowest BCUT2D eigenvalue weighted by Crippen LogP contribution is -2.44. The van der Waals surface area contributed by atoms with Crippen LogP contribution in [0.25, 0.3) is 0 Å². The first-order valence-electron chi connectivity index (χ1n) is 9.56. The van der Waals surface area contributed by atoms with Crippen LogP contribution in [0.15, 0.2) is 24.3 Å². The molecule has 142 valence electrons. The summed E-state index contributed by atoms with van der Waals surface area (Å²) in [6, 6.07) is 7.42. The zero-order valence-electron chi connectivity index (χ0n) is 15.7. The maximum Gasteiger partial charge on any atom is 0.228 e. The van der Waals surface area contributed by atoms with Crippen molar-refractivity contribution in [2.24, 2.45) is 11.8 Å². The minimum absolute atomic E-state index is 0.0237. The van der Waals surface area contributed by atoms with E-state index in [1.54, 1.807) is 12.0 Å². The zero-order chi connectivity index (χ0) is 18.5. The Kier molecular flexibility index (Phi) is 6.14. The summed E-state index contributed by atoms with van der Waals surface area (Å²) in [5, 5.41) is 3.39. The normalized spacial score (nSPS) is 21.3. The second-order valence-corrected chi connectivity index (χ2v) is 7.18. The highest BCUT2D eigenvalue weighted by Crippen LogP contribution is 2.29. The molecule has 0 aromatic heterocycles. The molecule has 26 heavy (non-hydrogen) atoms. The number of methoxy groups -OCH3 is 1. The molecule has 6 nitrogen and oxygen atoms in total. The van der Waals surface area contributed by atoms with Gasteiger partial charge in [0, 0.05) is 31.7 Å². The fourth-order valence-electron chi connectivity index (χ4n) is 3.85. The van der Waals surface area contributed by atoms with Crippen LogP contribution in [0, 0.1) is 11.8 Å². The summed E-state index contributed by atoms with van der Waals surface area (Å²) in [5.74, 6) is 1.34. The van der Waals surface area contributed by atoms with Crippen molar-refractivity contribution in [3.05, 3.63) is 24.3 Å². The van der Waals surface area contributed by atoms with Gasteiger partial charge in [0.15, 0.2) is 0 Å². The number of amides is 2. The third-order valence-electron chi connectivity index (χ3n) is 5.47. The summed E-state index contributed by atoms with van der Waals surface area (Å²) < 4.78 is 5.16. The molecule has 6 heteroatoms. The Balaban J connectivity index is 1.55. The maximum absolute atomic E-state index is 12.9. The summed E-state index contributed by atoms with van der Waals surface area (Å²) in [6.45, 7) is 6.23. The number of nitrogens with zero attached hydrogens (tertiary/aromatic N) is 2. The van der Waals surface area contributed by atoms with Crippen molar-refractivity contribution in [2.75, 3.05) is 44.7 Å². The van der Waals surface area contributed by atoms with E-state index in [9.17, 15) is 9.59 Å². The predicted octanol–water partition coefficient (Wildman–Crippen LogP) is 1.90. The van der Waals surface area contributed by atoms with Gasteiger partial charge >= 0.3 is 0 Å². The third kappa shape index (κ3) is 4.18. The molecule has 2 aliphatic rings. The van der Waals surface area contributed by atoms with Crippen molar-refractivity contribution in [1.29, 1.82) is 0 Å². The van der Waals surface area contributed by atoms with Crippen LogP contribution in [0.4, 0.5) is 5.69 Å². The average Bonchev–Trinajstić information content (AvgIpc) is 3.08. The van der Waals surface area contributed by atoms with E-state index in [1.807, 2.05) is 29.2 Å². The molecule has 0 spiro atoms. The van der Waals surface area contributed by atoms with E-state index in [4.69, 9.17) is 4.74 Å². The highest BCUT2D eigenvalue weighted by Gasteiger charge is 2.38. The van der Waals surface area contributed by atoms with E-state index in [2.05, 4.69) is 12.2 Å². The molecule has 0 aliphatic carbocycles. The number of nitrogens with one attached hydrogen (secondary N) is 1. The van der Waals surface area contributed by atoms with Gasteiger partial charge in [-0.15, -0.1) is 0 Å². The van der Waals surface area contributed by atoms with Gasteiger partial charge in [-0.2, -0.15) is 0 Å². The lowest BCUT2D eigenvalue weighted by Gasteiger charge is -2.33. The first kappa shape index (κ1) is 18.7. The number of ether oxygens (including phenoxy) is 1. The van der Waals surface area contributed by atoms with Gasteiger partial charge in [0.25, 0.3) is 0 Å². The molecule has 1 aromatic carbocycles. The number of piperidine rings is 1. The molecule has 0 bridgehead atoms. The van der Waals surface area contributed by atoms with Crippen molar-refractivity contribution in [2.45, 2.75) is 26.2 Å². The van der Waals surface area contributed by atoms with E-state index < -0.39 is 0 Å². The monoisotopic (exact) mass is 359 g/mol. The van der Waals surface area contributed by atoms with E-state index in [0.717, 1.165) is 50.5 Å². The molecule has 2 amide bonds. The Morgan fingerprint density at radius 3 is 2.54 bits per heavy atom. The standard InChI is InChI=1S/C20H29N3O3/c1-3-21-13-15-8-10-22(11-9-15)20(25)16-12-19(24)23(14-16)17-4-6-18(26-2)7-5-17/h4-7,15-16,21H,3,8-14H2,1-2H3. The van der Waals surface area contributed by atoms with Gasteiger partial charge in [-0.25, -0.2) is 0 Å². The van der Waals surface area contributed by atoms with Gasteiger partial charge in [0.1, 0.15) is 5.75 Å². The van der Waals surface area contributed by atoms with Crippen molar-refractivity contribution < 1.29 is 14.3 Å². The van der Waals surface area contributed by atoms with Crippen LogP contribution >= 0.6 is 0 Å². The number of carbonyl (C=O) groups is 2. The van der Waals surface area contributed by atoms with Gasteiger partial charge in [-0.3, -0.25) is 9.59 Å². The molecular weight excluding hydrogens is 330 g/mol. The van der Waals surface area contributed by atoms with E-state index in [1.165, 1.54) is 0 Å². The molecule has 2 saturated heterocycles. The molecule has 1 unspecified atom stereocenters. The van der Waals surface area contributed by atoms with Crippen molar-refractivity contribution in [3.8, 4) is 5.75 Å². The molecular formula is C20H29N3O3. The minimum atomic E-state index is -0.227. The third-order valence-corrected chi connectivity index (χ3v) is 5.47. The molecule has 0 radical (unpaired) electrons. The topological polar surface area (TPSA) is 61.9 Å². The van der Waals surface area contributed by atoms with Crippen LogP contribution in [-0.4, -0.2) is 56.5 Å². The largest absolute Gasteiger partial charge is 0.497 e. The Morgan fingerprint density at radius 1 is 1.23 bits per heavy atom. The highest BCUT2D eigenvalue weighted by molar-refractivity contribution is 6.00. The molecule has 2 heterocycles. The fourth-order valence-corrected chi connectivity index (χ4v) is 3.85. The van der Waals surface area contributed by atoms with Gasteiger partial charge < -0.3 is 19.9 Å². The second-order valence-electron chi connectivity index (χ2n) is 7.18. The lowest BCUT2D eigenvalue weighted by molar-refractivity contribution is -0.137. The smallest absolute Gasteiger partial charge is 0.228 e. The summed E-state index contributed by atoms with van der Waals surface area (Å²) in [6.07, 6.45) is 2.39. The van der Waals surface area contributed by atoms with Crippen LogP contribution in [-0.2, 0) is 9.59 Å². The fraction of sp³-hybridized carbons (Fsp3) is 0.600. The van der Waals surface area contributed by atoms with Crippen LogP contribution < -0.4 is 15.0 Å². The quantitative estimate of drug-likeness (QED) is 0.843. The molecule has 1 aromatic rings. The van der Waals surface area contributed by atoms with Crippen LogP contribution in [0.1, 0.15) is 26.2 Å². The Labute approximate surface area is 155 Å². The Morgan fingerprint density at radius 2 is 1.92 bits per heavy atom.